The third kappa shape index (κ3) is 2.24. The van der Waals surface area contributed by atoms with E-state index in [1.54, 1.807) is 19.2 Å². The maximum Gasteiger partial charge on any atom is 0.132 e. The summed E-state index contributed by atoms with van der Waals surface area (Å²) in [6, 6.07) is 8.10. The van der Waals surface area contributed by atoms with Crippen LogP contribution in [0.3, 0.4) is 0 Å². The lowest BCUT2D eigenvalue weighted by molar-refractivity contribution is 0.385. The van der Waals surface area contributed by atoms with Crippen molar-refractivity contribution in [2.75, 3.05) is 14.2 Å². The Morgan fingerprint density at radius 1 is 1.28 bits per heavy atom. The Kier molecular flexibility index (Phi) is 3.67. The van der Waals surface area contributed by atoms with Crippen molar-refractivity contribution in [3.63, 3.8) is 0 Å². The number of rotatable bonds is 4. The molecule has 0 radical (unpaired) electrons. The molecule has 0 saturated carbocycles. The van der Waals surface area contributed by atoms with Crippen LogP contribution in [0.5, 0.6) is 5.75 Å². The van der Waals surface area contributed by atoms with Crippen molar-refractivity contribution in [2.24, 2.45) is 0 Å². The van der Waals surface area contributed by atoms with Crippen LogP contribution < -0.4 is 10.1 Å². The third-order valence-corrected chi connectivity index (χ3v) is 2.86. The molecule has 1 unspecified atom stereocenters. The van der Waals surface area contributed by atoms with Crippen LogP contribution in [0.25, 0.3) is 0 Å². The second kappa shape index (κ2) is 5.23. The second-order valence-corrected chi connectivity index (χ2v) is 4.03. The van der Waals surface area contributed by atoms with Crippen molar-refractivity contribution in [2.45, 2.75) is 13.0 Å². The maximum atomic E-state index is 14.0. The smallest absolute Gasteiger partial charge is 0.132 e. The number of halogens is 1. The van der Waals surface area contributed by atoms with E-state index in [0.717, 1.165) is 5.76 Å². The van der Waals surface area contributed by atoms with Gasteiger partial charge in [0.05, 0.1) is 18.7 Å². The monoisotopic (exact) mass is 249 g/mol. The average Bonchev–Trinajstić information content (AvgIpc) is 2.78. The zero-order valence-electron chi connectivity index (χ0n) is 10.7. The van der Waals surface area contributed by atoms with Gasteiger partial charge >= 0.3 is 0 Å². The van der Waals surface area contributed by atoms with Crippen molar-refractivity contribution in [3.05, 3.63) is 53.2 Å². The Bertz CT molecular complexity index is 536. The third-order valence-electron chi connectivity index (χ3n) is 2.86. The van der Waals surface area contributed by atoms with Gasteiger partial charge in [0.1, 0.15) is 23.1 Å². The molecule has 3 nitrogen and oxygen atoms in total. The van der Waals surface area contributed by atoms with Crippen LogP contribution in [0.2, 0.25) is 0 Å². The van der Waals surface area contributed by atoms with E-state index in [0.29, 0.717) is 17.1 Å². The fourth-order valence-corrected chi connectivity index (χ4v) is 2.01. The maximum absolute atomic E-state index is 14.0. The zero-order valence-corrected chi connectivity index (χ0v) is 10.7. The summed E-state index contributed by atoms with van der Waals surface area (Å²) in [6.07, 6.45) is 0. The van der Waals surface area contributed by atoms with E-state index >= 15 is 0 Å². The van der Waals surface area contributed by atoms with Crippen molar-refractivity contribution in [1.82, 2.24) is 5.32 Å². The van der Waals surface area contributed by atoms with Gasteiger partial charge in [0, 0.05) is 0 Å². The summed E-state index contributed by atoms with van der Waals surface area (Å²) in [6.45, 7) is 1.86. The molecule has 2 aromatic rings. The van der Waals surface area contributed by atoms with Gasteiger partial charge in [-0.05, 0) is 38.2 Å². The highest BCUT2D eigenvalue weighted by Gasteiger charge is 2.23. The molecule has 0 saturated heterocycles. The molecule has 18 heavy (non-hydrogen) atoms. The molecule has 0 bridgehead atoms. The number of benzene rings is 1. The first-order valence-electron chi connectivity index (χ1n) is 5.73. The van der Waals surface area contributed by atoms with E-state index < -0.39 is 0 Å². The van der Waals surface area contributed by atoms with E-state index in [-0.39, 0.29) is 11.9 Å². The van der Waals surface area contributed by atoms with Crippen LogP contribution >= 0.6 is 0 Å². The zero-order chi connectivity index (χ0) is 13.1. The number of nitrogens with one attached hydrogen (secondary N) is 1. The standard InChI is InChI=1S/C14H16FNO2/c1-9-7-8-12(18-9)14(16-2)13-10(15)5-4-6-11(13)17-3/h4-8,14,16H,1-3H3. The number of hydrogen-bond acceptors (Lipinski definition) is 3. The predicted molar refractivity (Wildman–Crippen MR) is 67.3 cm³/mol. The summed E-state index contributed by atoms with van der Waals surface area (Å²) in [7, 11) is 3.28. The molecule has 2 rings (SSSR count). The lowest BCUT2D eigenvalue weighted by Gasteiger charge is -2.18. The molecule has 0 amide bonds. The molecule has 1 N–H and O–H groups in total. The molecule has 1 aromatic carbocycles. The van der Waals surface area contributed by atoms with Crippen molar-refractivity contribution in [1.29, 1.82) is 0 Å². The molecule has 0 aliphatic heterocycles. The summed E-state index contributed by atoms with van der Waals surface area (Å²) in [5, 5.41) is 3.05. The van der Waals surface area contributed by atoms with Gasteiger partial charge in [-0.2, -0.15) is 0 Å². The van der Waals surface area contributed by atoms with E-state index in [9.17, 15) is 4.39 Å². The minimum absolute atomic E-state index is 0.317. The molecule has 1 atom stereocenters. The number of ether oxygens (including phenoxy) is 1. The quantitative estimate of drug-likeness (QED) is 0.904. The summed E-state index contributed by atoms with van der Waals surface area (Å²) in [5.41, 5.74) is 0.455. The lowest BCUT2D eigenvalue weighted by atomic mass is 10.0. The first-order chi connectivity index (χ1) is 8.67. The first kappa shape index (κ1) is 12.6. The SMILES string of the molecule is CNC(c1ccc(C)o1)c1c(F)cccc1OC. The summed E-state index contributed by atoms with van der Waals surface area (Å²) < 4.78 is 24.8. The molecular formula is C14H16FNO2. The number of methoxy groups -OCH3 is 1. The van der Waals surface area contributed by atoms with Crippen LogP contribution in [0.15, 0.2) is 34.7 Å². The fourth-order valence-electron chi connectivity index (χ4n) is 2.01. The topological polar surface area (TPSA) is 34.4 Å². The second-order valence-electron chi connectivity index (χ2n) is 4.03. The highest BCUT2D eigenvalue weighted by Crippen LogP contribution is 2.32. The highest BCUT2D eigenvalue weighted by molar-refractivity contribution is 5.40. The van der Waals surface area contributed by atoms with Crippen LogP contribution in [0, 0.1) is 12.7 Å². The van der Waals surface area contributed by atoms with E-state index in [2.05, 4.69) is 5.32 Å². The predicted octanol–water partition coefficient (Wildman–Crippen LogP) is 3.04. The molecule has 4 heteroatoms. The van der Waals surface area contributed by atoms with E-state index in [1.807, 2.05) is 19.1 Å². The van der Waals surface area contributed by atoms with Crippen molar-refractivity contribution < 1.29 is 13.5 Å². The molecule has 0 spiro atoms. The van der Waals surface area contributed by atoms with Gasteiger partial charge < -0.3 is 14.5 Å². The number of furan rings is 1. The van der Waals surface area contributed by atoms with Gasteiger partial charge in [-0.15, -0.1) is 0 Å². The Labute approximate surface area is 106 Å². The van der Waals surface area contributed by atoms with Gasteiger partial charge in [0.15, 0.2) is 0 Å². The molecule has 1 aromatic heterocycles. The minimum atomic E-state index is -0.366. The Morgan fingerprint density at radius 3 is 2.61 bits per heavy atom. The van der Waals surface area contributed by atoms with E-state index in [1.165, 1.54) is 13.2 Å². The Hall–Kier alpha value is -1.81. The highest BCUT2D eigenvalue weighted by atomic mass is 19.1. The summed E-state index contributed by atoms with van der Waals surface area (Å²) >= 11 is 0. The van der Waals surface area contributed by atoms with Gasteiger partial charge in [-0.1, -0.05) is 6.07 Å². The van der Waals surface area contributed by atoms with Gasteiger partial charge in [-0.25, -0.2) is 4.39 Å². The van der Waals surface area contributed by atoms with Crippen LogP contribution in [0.1, 0.15) is 23.1 Å². The molecule has 0 aliphatic carbocycles. The minimum Gasteiger partial charge on any atom is -0.496 e. The average molecular weight is 249 g/mol. The largest absolute Gasteiger partial charge is 0.496 e. The number of hydrogen-bond donors (Lipinski definition) is 1. The molecule has 0 aliphatic rings. The van der Waals surface area contributed by atoms with Crippen molar-refractivity contribution >= 4 is 0 Å². The van der Waals surface area contributed by atoms with Crippen LogP contribution in [0.4, 0.5) is 4.39 Å². The van der Waals surface area contributed by atoms with Gasteiger partial charge in [0.25, 0.3) is 0 Å². The Balaban J connectivity index is 2.51. The molecular weight excluding hydrogens is 233 g/mol. The summed E-state index contributed by atoms with van der Waals surface area (Å²) in [4.78, 5) is 0. The van der Waals surface area contributed by atoms with Crippen LogP contribution in [-0.4, -0.2) is 14.2 Å². The Morgan fingerprint density at radius 2 is 2.06 bits per heavy atom. The van der Waals surface area contributed by atoms with Crippen LogP contribution in [-0.2, 0) is 0 Å². The summed E-state index contributed by atoms with van der Waals surface area (Å²) in [5.74, 6) is 1.64. The number of aryl methyl sites for hydroxylation is 1. The molecule has 0 fully saturated rings. The van der Waals surface area contributed by atoms with Crippen molar-refractivity contribution in [3.8, 4) is 5.75 Å². The lowest BCUT2D eigenvalue weighted by Crippen LogP contribution is -2.19. The molecule has 96 valence electrons. The fraction of sp³-hybridized carbons (Fsp3) is 0.286. The molecule has 1 heterocycles. The normalized spacial score (nSPS) is 12.4. The van der Waals surface area contributed by atoms with Gasteiger partial charge in [-0.3, -0.25) is 0 Å². The first-order valence-corrected chi connectivity index (χ1v) is 5.73. The van der Waals surface area contributed by atoms with E-state index in [4.69, 9.17) is 9.15 Å². The van der Waals surface area contributed by atoms with Gasteiger partial charge in [0.2, 0.25) is 0 Å².